The van der Waals surface area contributed by atoms with Gasteiger partial charge in [0.05, 0.1) is 12.2 Å². The fraction of sp³-hybridized carbons (Fsp3) is 0.400. The molecule has 2 aromatic rings. The van der Waals surface area contributed by atoms with E-state index >= 15 is 0 Å². The number of hydrogen-bond acceptors (Lipinski definition) is 4. The molecule has 130 valence electrons. The van der Waals surface area contributed by atoms with Crippen molar-refractivity contribution in [3.8, 4) is 5.88 Å². The van der Waals surface area contributed by atoms with Gasteiger partial charge >= 0.3 is 0 Å². The molecule has 4 rings (SSSR count). The van der Waals surface area contributed by atoms with Crippen molar-refractivity contribution in [3.63, 3.8) is 0 Å². The number of likely N-dealkylation sites (tertiary alicyclic amines) is 1. The van der Waals surface area contributed by atoms with Crippen molar-refractivity contribution in [1.29, 1.82) is 0 Å². The molecular formula is C20H22N2O3. The highest BCUT2D eigenvalue weighted by Gasteiger charge is 2.44. The van der Waals surface area contributed by atoms with Crippen molar-refractivity contribution in [2.45, 2.75) is 31.0 Å². The Balaban J connectivity index is 1.33. The van der Waals surface area contributed by atoms with Gasteiger partial charge in [-0.3, -0.25) is 4.79 Å². The Bertz CT molecular complexity index is 712. The van der Waals surface area contributed by atoms with Gasteiger partial charge in [0.25, 0.3) is 5.91 Å². The van der Waals surface area contributed by atoms with Crippen LogP contribution in [0.1, 0.15) is 29.6 Å². The van der Waals surface area contributed by atoms with E-state index < -0.39 is 0 Å². The summed E-state index contributed by atoms with van der Waals surface area (Å²) in [6.07, 6.45) is 4.33. The summed E-state index contributed by atoms with van der Waals surface area (Å²) >= 11 is 0. The van der Waals surface area contributed by atoms with Crippen LogP contribution in [0.3, 0.4) is 0 Å². The normalized spacial score (nSPS) is 22.1. The second-order valence-corrected chi connectivity index (χ2v) is 6.76. The number of carbonyl (C=O) groups excluding carboxylic acids is 1. The van der Waals surface area contributed by atoms with E-state index in [1.54, 1.807) is 6.20 Å². The first-order valence-electron chi connectivity index (χ1n) is 8.80. The summed E-state index contributed by atoms with van der Waals surface area (Å²) in [6, 6.07) is 15.1. The third kappa shape index (κ3) is 3.51. The quantitative estimate of drug-likeness (QED) is 0.863. The fourth-order valence-corrected chi connectivity index (χ4v) is 3.69. The largest absolute Gasteiger partial charge is 0.472 e. The molecule has 1 atom stereocenters. The summed E-state index contributed by atoms with van der Waals surface area (Å²) in [5, 5.41) is 0. The molecule has 2 saturated heterocycles. The van der Waals surface area contributed by atoms with Crippen molar-refractivity contribution in [2.75, 3.05) is 19.7 Å². The van der Waals surface area contributed by atoms with Gasteiger partial charge in [-0.15, -0.1) is 0 Å². The van der Waals surface area contributed by atoms with Crippen molar-refractivity contribution in [1.82, 2.24) is 9.88 Å². The van der Waals surface area contributed by atoms with Crippen LogP contribution in [-0.2, 0) is 4.74 Å². The predicted molar refractivity (Wildman–Crippen MR) is 93.5 cm³/mol. The second kappa shape index (κ2) is 6.84. The van der Waals surface area contributed by atoms with Gasteiger partial charge in [-0.05, 0) is 31.0 Å². The highest BCUT2D eigenvalue weighted by molar-refractivity contribution is 5.94. The standard InChI is InChI=1S/C20H22N2O3/c23-19(16-6-2-1-3-7-16)22-12-9-20(10-13-22)14-17(15-24-20)25-18-8-4-5-11-21-18/h1-8,11,17H,9-10,12-15H2/t17-/m1/s1. The van der Waals surface area contributed by atoms with Crippen LogP contribution in [0.25, 0.3) is 0 Å². The molecule has 1 spiro atoms. The minimum atomic E-state index is -0.160. The van der Waals surface area contributed by atoms with Crippen LogP contribution in [0.15, 0.2) is 54.7 Å². The smallest absolute Gasteiger partial charge is 0.253 e. The monoisotopic (exact) mass is 338 g/mol. The number of carbonyl (C=O) groups is 1. The molecule has 2 aliphatic rings. The average molecular weight is 338 g/mol. The lowest BCUT2D eigenvalue weighted by Crippen LogP contribution is -2.46. The van der Waals surface area contributed by atoms with Gasteiger partial charge in [0.2, 0.25) is 5.88 Å². The Kier molecular flexibility index (Phi) is 4.40. The first-order valence-corrected chi connectivity index (χ1v) is 8.80. The van der Waals surface area contributed by atoms with Crippen LogP contribution in [-0.4, -0.2) is 47.2 Å². The van der Waals surface area contributed by atoms with E-state index in [9.17, 15) is 4.79 Å². The Morgan fingerprint density at radius 1 is 1.12 bits per heavy atom. The van der Waals surface area contributed by atoms with Gasteiger partial charge < -0.3 is 14.4 Å². The number of nitrogens with zero attached hydrogens (tertiary/aromatic N) is 2. The zero-order valence-corrected chi connectivity index (χ0v) is 14.1. The van der Waals surface area contributed by atoms with Gasteiger partial charge in [0, 0.05) is 37.3 Å². The van der Waals surface area contributed by atoms with E-state index in [-0.39, 0.29) is 17.6 Å². The zero-order chi connectivity index (χ0) is 17.1. The molecule has 0 N–H and O–H groups in total. The maximum absolute atomic E-state index is 12.6. The Morgan fingerprint density at radius 2 is 1.88 bits per heavy atom. The van der Waals surface area contributed by atoms with E-state index in [1.165, 1.54) is 0 Å². The van der Waals surface area contributed by atoms with Crippen LogP contribution < -0.4 is 4.74 Å². The zero-order valence-electron chi connectivity index (χ0n) is 14.1. The maximum atomic E-state index is 12.6. The number of aromatic nitrogens is 1. The highest BCUT2D eigenvalue weighted by Crippen LogP contribution is 2.37. The molecule has 0 radical (unpaired) electrons. The van der Waals surface area contributed by atoms with Crippen LogP contribution >= 0.6 is 0 Å². The van der Waals surface area contributed by atoms with Gasteiger partial charge in [0.1, 0.15) is 6.10 Å². The van der Waals surface area contributed by atoms with Gasteiger partial charge in [0.15, 0.2) is 0 Å². The lowest BCUT2D eigenvalue weighted by atomic mass is 9.87. The highest BCUT2D eigenvalue weighted by atomic mass is 16.6. The lowest BCUT2D eigenvalue weighted by Gasteiger charge is -2.38. The number of amides is 1. The van der Waals surface area contributed by atoms with Crippen molar-refractivity contribution < 1.29 is 14.3 Å². The predicted octanol–water partition coefficient (Wildman–Crippen LogP) is 2.92. The molecule has 0 aliphatic carbocycles. The Hall–Kier alpha value is -2.40. The molecule has 2 fully saturated rings. The number of benzene rings is 1. The van der Waals surface area contributed by atoms with Crippen LogP contribution in [0, 0.1) is 0 Å². The Morgan fingerprint density at radius 3 is 2.60 bits per heavy atom. The van der Waals surface area contributed by atoms with Gasteiger partial charge in [-0.2, -0.15) is 0 Å². The number of rotatable bonds is 3. The molecule has 25 heavy (non-hydrogen) atoms. The van der Waals surface area contributed by atoms with E-state index in [1.807, 2.05) is 53.4 Å². The molecular weight excluding hydrogens is 316 g/mol. The van der Waals surface area contributed by atoms with Crippen molar-refractivity contribution in [2.24, 2.45) is 0 Å². The minimum Gasteiger partial charge on any atom is -0.472 e. The molecule has 3 heterocycles. The third-order valence-electron chi connectivity index (χ3n) is 5.08. The molecule has 0 saturated carbocycles. The molecule has 1 aromatic carbocycles. The molecule has 1 amide bonds. The van der Waals surface area contributed by atoms with Crippen LogP contribution in [0.2, 0.25) is 0 Å². The van der Waals surface area contributed by atoms with Crippen molar-refractivity contribution >= 4 is 5.91 Å². The molecule has 0 bridgehead atoms. The van der Waals surface area contributed by atoms with E-state index in [4.69, 9.17) is 9.47 Å². The summed E-state index contributed by atoms with van der Waals surface area (Å²) in [5.74, 6) is 0.750. The Labute approximate surface area is 147 Å². The summed E-state index contributed by atoms with van der Waals surface area (Å²) < 4.78 is 12.0. The number of hydrogen-bond donors (Lipinski definition) is 0. The van der Waals surface area contributed by atoms with E-state index in [0.29, 0.717) is 12.5 Å². The summed E-state index contributed by atoms with van der Waals surface area (Å²) in [7, 11) is 0. The van der Waals surface area contributed by atoms with E-state index in [0.717, 1.165) is 37.9 Å². The third-order valence-corrected chi connectivity index (χ3v) is 5.08. The minimum absolute atomic E-state index is 0.0336. The molecule has 5 nitrogen and oxygen atoms in total. The summed E-state index contributed by atoms with van der Waals surface area (Å²) in [6.45, 7) is 2.04. The summed E-state index contributed by atoms with van der Waals surface area (Å²) in [4.78, 5) is 18.7. The van der Waals surface area contributed by atoms with Gasteiger partial charge in [-0.1, -0.05) is 24.3 Å². The van der Waals surface area contributed by atoms with Crippen molar-refractivity contribution in [3.05, 3.63) is 60.3 Å². The second-order valence-electron chi connectivity index (χ2n) is 6.76. The van der Waals surface area contributed by atoms with Crippen LogP contribution in [0.4, 0.5) is 0 Å². The molecule has 1 aromatic heterocycles. The van der Waals surface area contributed by atoms with Gasteiger partial charge in [-0.25, -0.2) is 4.98 Å². The molecule has 2 aliphatic heterocycles. The van der Waals surface area contributed by atoms with E-state index in [2.05, 4.69) is 4.98 Å². The SMILES string of the molecule is O=C(c1ccccc1)N1CCC2(CC1)C[C@@H](Oc1ccccn1)CO2. The number of piperidine rings is 1. The number of pyridine rings is 1. The maximum Gasteiger partial charge on any atom is 0.253 e. The summed E-state index contributed by atoms with van der Waals surface area (Å²) in [5.41, 5.74) is 0.592. The average Bonchev–Trinajstić information content (AvgIpc) is 3.05. The molecule has 5 heteroatoms. The first-order chi connectivity index (χ1) is 12.2. The number of ether oxygens (including phenoxy) is 2. The first kappa shape index (κ1) is 16.1. The fourth-order valence-electron chi connectivity index (χ4n) is 3.69. The lowest BCUT2D eigenvalue weighted by molar-refractivity contribution is -0.0396. The topological polar surface area (TPSA) is 51.7 Å². The molecule has 0 unspecified atom stereocenters. The van der Waals surface area contributed by atoms with Crippen LogP contribution in [0.5, 0.6) is 5.88 Å².